The average molecular weight is 297 g/mol. The number of carbonyl (C=O) groups is 2. The molecular formula is C15H17F2NO3. The molecule has 4 nitrogen and oxygen atoms in total. The number of likely N-dealkylation sites (tertiary alicyclic amines) is 1. The fourth-order valence-corrected chi connectivity index (χ4v) is 2.47. The number of carbonyl (C=O) groups excluding carboxylic acids is 2. The lowest BCUT2D eigenvalue weighted by molar-refractivity contribution is -0.148. The predicted molar refractivity (Wildman–Crippen MR) is 71.4 cm³/mol. The number of hydrogen-bond donors (Lipinski definition) is 0. The number of halogens is 2. The van der Waals surface area contributed by atoms with Gasteiger partial charge in [-0.15, -0.1) is 0 Å². The highest BCUT2D eigenvalue weighted by atomic mass is 19.2. The molecule has 0 unspecified atom stereocenters. The zero-order valence-corrected chi connectivity index (χ0v) is 11.8. The number of hydrogen-bond acceptors (Lipinski definition) is 3. The van der Waals surface area contributed by atoms with Gasteiger partial charge in [-0.3, -0.25) is 9.59 Å². The van der Waals surface area contributed by atoms with Crippen LogP contribution in [0.4, 0.5) is 8.78 Å². The summed E-state index contributed by atoms with van der Waals surface area (Å²) in [7, 11) is 1.35. The highest BCUT2D eigenvalue weighted by Crippen LogP contribution is 2.19. The van der Waals surface area contributed by atoms with Gasteiger partial charge in [-0.25, -0.2) is 8.78 Å². The summed E-state index contributed by atoms with van der Waals surface area (Å²) < 4.78 is 30.6. The van der Waals surface area contributed by atoms with E-state index < -0.39 is 11.6 Å². The Morgan fingerprint density at radius 1 is 1.24 bits per heavy atom. The number of benzene rings is 1. The fourth-order valence-electron chi connectivity index (χ4n) is 2.47. The number of nitrogens with zero attached hydrogens (tertiary/aromatic N) is 1. The first-order chi connectivity index (χ1) is 10.0. The minimum Gasteiger partial charge on any atom is -0.469 e. The first-order valence-electron chi connectivity index (χ1n) is 6.80. The molecule has 0 N–H and O–H groups in total. The van der Waals surface area contributed by atoms with Gasteiger partial charge in [0.1, 0.15) is 0 Å². The Morgan fingerprint density at radius 2 is 1.90 bits per heavy atom. The second-order valence-corrected chi connectivity index (χ2v) is 5.10. The predicted octanol–water partition coefficient (Wildman–Crippen LogP) is 1.92. The molecule has 6 heteroatoms. The maximum Gasteiger partial charge on any atom is 0.308 e. The van der Waals surface area contributed by atoms with Crippen LogP contribution in [-0.4, -0.2) is 37.0 Å². The molecule has 2 rings (SSSR count). The molecule has 1 aliphatic heterocycles. The Kier molecular flexibility index (Phi) is 4.88. The van der Waals surface area contributed by atoms with Crippen LogP contribution >= 0.6 is 0 Å². The summed E-state index contributed by atoms with van der Waals surface area (Å²) in [5.74, 6) is -2.44. The normalized spacial score (nSPS) is 15.9. The van der Waals surface area contributed by atoms with Crippen molar-refractivity contribution < 1.29 is 23.1 Å². The summed E-state index contributed by atoms with van der Waals surface area (Å²) in [6.07, 6.45) is 1.16. The molecule has 0 aromatic heterocycles. The van der Waals surface area contributed by atoms with Gasteiger partial charge in [-0.05, 0) is 30.5 Å². The van der Waals surface area contributed by atoms with Gasteiger partial charge in [0.25, 0.3) is 0 Å². The van der Waals surface area contributed by atoms with Crippen LogP contribution in [0.25, 0.3) is 0 Å². The average Bonchev–Trinajstić information content (AvgIpc) is 2.50. The third kappa shape index (κ3) is 3.77. The van der Waals surface area contributed by atoms with Crippen LogP contribution in [0.3, 0.4) is 0 Å². The number of rotatable bonds is 3. The fraction of sp³-hybridized carbons (Fsp3) is 0.467. The SMILES string of the molecule is COC(=O)C1CCN(C(=O)Cc2ccc(F)c(F)c2)CC1. The Balaban J connectivity index is 1.90. The van der Waals surface area contributed by atoms with Crippen LogP contribution in [0, 0.1) is 17.6 Å². The minimum absolute atomic E-state index is 0.0279. The van der Waals surface area contributed by atoms with Crippen molar-refractivity contribution in [1.82, 2.24) is 4.90 Å². The van der Waals surface area contributed by atoms with Crippen LogP contribution in [0.2, 0.25) is 0 Å². The first kappa shape index (κ1) is 15.4. The van der Waals surface area contributed by atoms with Gasteiger partial charge >= 0.3 is 5.97 Å². The lowest BCUT2D eigenvalue weighted by Crippen LogP contribution is -2.41. The molecular weight excluding hydrogens is 280 g/mol. The topological polar surface area (TPSA) is 46.6 Å². The van der Waals surface area contributed by atoms with E-state index in [-0.39, 0.29) is 24.2 Å². The van der Waals surface area contributed by atoms with Crippen molar-refractivity contribution in [2.24, 2.45) is 5.92 Å². The highest BCUT2D eigenvalue weighted by molar-refractivity contribution is 5.79. The summed E-state index contributed by atoms with van der Waals surface area (Å²) >= 11 is 0. The summed E-state index contributed by atoms with van der Waals surface area (Å²) in [6.45, 7) is 0.949. The van der Waals surface area contributed by atoms with Gasteiger partial charge in [-0.2, -0.15) is 0 Å². The second-order valence-electron chi connectivity index (χ2n) is 5.10. The molecule has 1 fully saturated rings. The largest absolute Gasteiger partial charge is 0.469 e. The van der Waals surface area contributed by atoms with Gasteiger partial charge in [0, 0.05) is 13.1 Å². The van der Waals surface area contributed by atoms with Crippen molar-refractivity contribution >= 4 is 11.9 Å². The number of piperidine rings is 1. The van der Waals surface area contributed by atoms with E-state index in [1.54, 1.807) is 4.90 Å². The summed E-state index contributed by atoms with van der Waals surface area (Å²) in [4.78, 5) is 25.1. The van der Waals surface area contributed by atoms with Crippen molar-refractivity contribution in [3.8, 4) is 0 Å². The molecule has 21 heavy (non-hydrogen) atoms. The molecule has 114 valence electrons. The zero-order valence-electron chi connectivity index (χ0n) is 11.8. The molecule has 0 spiro atoms. The third-order valence-corrected chi connectivity index (χ3v) is 3.72. The van der Waals surface area contributed by atoms with E-state index in [2.05, 4.69) is 4.74 Å². The molecule has 0 atom stereocenters. The molecule has 0 bridgehead atoms. The van der Waals surface area contributed by atoms with Crippen molar-refractivity contribution in [3.63, 3.8) is 0 Å². The molecule has 1 amide bonds. The van der Waals surface area contributed by atoms with Crippen LogP contribution in [0.1, 0.15) is 18.4 Å². The molecule has 1 aliphatic rings. The summed E-state index contributed by atoms with van der Waals surface area (Å²) in [5.41, 5.74) is 0.439. The summed E-state index contributed by atoms with van der Waals surface area (Å²) in [5, 5.41) is 0. The van der Waals surface area contributed by atoms with E-state index in [9.17, 15) is 18.4 Å². The van der Waals surface area contributed by atoms with E-state index in [1.165, 1.54) is 13.2 Å². The maximum absolute atomic E-state index is 13.1. The number of amides is 1. The van der Waals surface area contributed by atoms with Crippen LogP contribution in [0.5, 0.6) is 0 Å². The van der Waals surface area contributed by atoms with Crippen LogP contribution < -0.4 is 0 Å². The quantitative estimate of drug-likeness (QED) is 0.801. The molecule has 0 radical (unpaired) electrons. The lowest BCUT2D eigenvalue weighted by Gasteiger charge is -2.30. The molecule has 1 aromatic carbocycles. The highest BCUT2D eigenvalue weighted by Gasteiger charge is 2.27. The van der Waals surface area contributed by atoms with Crippen LogP contribution in [0.15, 0.2) is 18.2 Å². The van der Waals surface area contributed by atoms with Crippen LogP contribution in [-0.2, 0) is 20.7 Å². The Hall–Kier alpha value is -1.98. The van der Waals surface area contributed by atoms with Crippen molar-refractivity contribution in [3.05, 3.63) is 35.4 Å². The second kappa shape index (κ2) is 6.65. The van der Waals surface area contributed by atoms with Gasteiger partial charge in [0.15, 0.2) is 11.6 Å². The molecule has 1 heterocycles. The summed E-state index contributed by atoms with van der Waals surface area (Å²) in [6, 6.07) is 3.45. The smallest absolute Gasteiger partial charge is 0.308 e. The van der Waals surface area contributed by atoms with Gasteiger partial charge in [0.2, 0.25) is 5.91 Å². The third-order valence-electron chi connectivity index (χ3n) is 3.72. The van der Waals surface area contributed by atoms with Crippen molar-refractivity contribution in [2.45, 2.75) is 19.3 Å². The van der Waals surface area contributed by atoms with E-state index in [0.29, 0.717) is 31.5 Å². The van der Waals surface area contributed by atoms with E-state index in [1.807, 2.05) is 0 Å². The van der Waals surface area contributed by atoms with E-state index in [0.717, 1.165) is 12.1 Å². The minimum atomic E-state index is -0.954. The standard InChI is InChI=1S/C15H17F2NO3/c1-21-15(20)11-4-6-18(7-5-11)14(19)9-10-2-3-12(16)13(17)8-10/h2-3,8,11H,4-7,9H2,1H3. The zero-order chi connectivity index (χ0) is 15.4. The number of esters is 1. The van der Waals surface area contributed by atoms with Gasteiger partial charge < -0.3 is 9.64 Å². The van der Waals surface area contributed by atoms with Crippen molar-refractivity contribution in [2.75, 3.05) is 20.2 Å². The molecule has 1 saturated heterocycles. The lowest BCUT2D eigenvalue weighted by atomic mass is 9.96. The van der Waals surface area contributed by atoms with E-state index >= 15 is 0 Å². The van der Waals surface area contributed by atoms with Crippen molar-refractivity contribution in [1.29, 1.82) is 0 Å². The molecule has 0 aliphatic carbocycles. The Bertz CT molecular complexity index is 540. The first-order valence-corrected chi connectivity index (χ1v) is 6.80. The van der Waals surface area contributed by atoms with Gasteiger partial charge in [-0.1, -0.05) is 6.07 Å². The number of methoxy groups -OCH3 is 1. The van der Waals surface area contributed by atoms with E-state index in [4.69, 9.17) is 0 Å². The molecule has 0 saturated carbocycles. The number of ether oxygens (including phenoxy) is 1. The molecule has 1 aromatic rings. The van der Waals surface area contributed by atoms with Gasteiger partial charge in [0.05, 0.1) is 19.4 Å². The Morgan fingerprint density at radius 3 is 2.48 bits per heavy atom. The monoisotopic (exact) mass is 297 g/mol. The Labute approximate surface area is 121 Å². The maximum atomic E-state index is 13.1.